The molecule has 0 aliphatic carbocycles. The molecule has 0 saturated heterocycles. The molecule has 15 heavy (non-hydrogen) atoms. The van der Waals surface area contributed by atoms with Crippen molar-refractivity contribution in [3.63, 3.8) is 0 Å². The fourth-order valence-corrected chi connectivity index (χ4v) is 1.65. The fraction of sp³-hybridized carbons (Fsp3) is 0.182. The number of carbonyl (C=O) groups excluding carboxylic acids is 1. The van der Waals surface area contributed by atoms with Crippen LogP contribution in [0, 0.1) is 0 Å². The maximum atomic E-state index is 11.8. The molecule has 0 spiro atoms. The normalized spacial score (nSPS) is 16.9. The number of rotatable bonds is 3. The molecule has 1 aliphatic heterocycles. The molecule has 1 heterocycles. The number of aliphatic imine (C=N–C) groups is 2. The molecule has 1 aliphatic rings. The largest absolute Gasteiger partial charge is 0.294 e. The Bertz CT molecular complexity index is 413. The van der Waals surface area contributed by atoms with Crippen LogP contribution in [0.4, 0.5) is 0 Å². The third-order valence-corrected chi connectivity index (χ3v) is 2.51. The van der Waals surface area contributed by atoms with E-state index in [1.807, 2.05) is 18.2 Å². The van der Waals surface area contributed by atoms with E-state index >= 15 is 0 Å². The summed E-state index contributed by atoms with van der Waals surface area (Å²) in [7, 11) is 0. The van der Waals surface area contributed by atoms with Gasteiger partial charge in [0.1, 0.15) is 0 Å². The van der Waals surface area contributed by atoms with Crippen molar-refractivity contribution in [3.8, 4) is 0 Å². The summed E-state index contributed by atoms with van der Waals surface area (Å²) in [5, 5.41) is 0. The topological polar surface area (TPSA) is 41.8 Å². The van der Waals surface area contributed by atoms with Crippen LogP contribution in [0.15, 0.2) is 40.3 Å². The third-order valence-electron chi connectivity index (χ3n) is 2.12. The van der Waals surface area contributed by atoms with Gasteiger partial charge >= 0.3 is 0 Å². The molecule has 2 rings (SSSR count). The standard InChI is InChI=1S/C11H10N2OS/c14-10(9-4-2-1-3-5-9)8-11(15)12-6-7-13-11/h1-7,15H,8H2. The predicted octanol–water partition coefficient (Wildman–Crippen LogP) is 2.00. The van der Waals surface area contributed by atoms with E-state index in [1.165, 1.54) is 0 Å². The van der Waals surface area contributed by atoms with Crippen LogP contribution in [-0.4, -0.2) is 23.2 Å². The monoisotopic (exact) mass is 218 g/mol. The van der Waals surface area contributed by atoms with E-state index in [0.29, 0.717) is 5.56 Å². The molecule has 3 nitrogen and oxygen atoms in total. The number of ketones is 1. The zero-order valence-corrected chi connectivity index (χ0v) is 8.89. The Morgan fingerprint density at radius 2 is 1.80 bits per heavy atom. The minimum absolute atomic E-state index is 0.00167. The predicted molar refractivity (Wildman–Crippen MR) is 64.1 cm³/mol. The number of benzene rings is 1. The Morgan fingerprint density at radius 1 is 1.20 bits per heavy atom. The van der Waals surface area contributed by atoms with Gasteiger partial charge in [0.25, 0.3) is 0 Å². The molecule has 0 unspecified atom stereocenters. The van der Waals surface area contributed by atoms with E-state index in [2.05, 4.69) is 22.6 Å². The Labute approximate surface area is 93.4 Å². The van der Waals surface area contributed by atoms with Crippen molar-refractivity contribution in [1.82, 2.24) is 0 Å². The molecule has 4 heteroatoms. The molecule has 0 aromatic heterocycles. The summed E-state index contributed by atoms with van der Waals surface area (Å²) in [5.74, 6) is 0.00167. The highest BCUT2D eigenvalue weighted by atomic mass is 32.1. The van der Waals surface area contributed by atoms with Crippen LogP contribution in [-0.2, 0) is 0 Å². The molecule has 0 atom stereocenters. The Kier molecular flexibility index (Phi) is 2.68. The summed E-state index contributed by atoms with van der Waals surface area (Å²) >= 11 is 4.25. The van der Waals surface area contributed by atoms with Crippen molar-refractivity contribution in [2.24, 2.45) is 9.98 Å². The third kappa shape index (κ3) is 2.33. The first-order chi connectivity index (χ1) is 7.20. The smallest absolute Gasteiger partial charge is 0.201 e. The molecule has 0 amide bonds. The van der Waals surface area contributed by atoms with Gasteiger partial charge in [0.05, 0.1) is 6.42 Å². The number of nitrogens with zero attached hydrogens (tertiary/aromatic N) is 2. The summed E-state index contributed by atoms with van der Waals surface area (Å²) in [5.41, 5.74) is 0.670. The average molecular weight is 218 g/mol. The van der Waals surface area contributed by atoms with Crippen LogP contribution in [0.2, 0.25) is 0 Å². The molecular weight excluding hydrogens is 208 g/mol. The van der Waals surface area contributed by atoms with Crippen molar-refractivity contribution in [3.05, 3.63) is 35.9 Å². The molecule has 0 radical (unpaired) electrons. The SMILES string of the molecule is O=C(CC1(S)N=CC=N1)c1ccccc1. The highest BCUT2D eigenvalue weighted by Crippen LogP contribution is 2.26. The van der Waals surface area contributed by atoms with Crippen LogP contribution in [0.3, 0.4) is 0 Å². The molecule has 1 aromatic carbocycles. The Hall–Kier alpha value is -1.42. The number of hydrogen-bond acceptors (Lipinski definition) is 4. The Morgan fingerprint density at radius 3 is 2.40 bits per heavy atom. The molecule has 0 saturated carbocycles. The minimum atomic E-state index is -0.896. The van der Waals surface area contributed by atoms with E-state index in [9.17, 15) is 4.79 Å². The van der Waals surface area contributed by atoms with Gasteiger partial charge in [0.2, 0.25) is 4.99 Å². The first-order valence-electron chi connectivity index (χ1n) is 4.59. The maximum absolute atomic E-state index is 11.8. The molecule has 0 bridgehead atoms. The Balaban J connectivity index is 2.11. The molecule has 1 aromatic rings. The zero-order valence-electron chi connectivity index (χ0n) is 8.00. The van der Waals surface area contributed by atoms with E-state index in [-0.39, 0.29) is 12.2 Å². The summed E-state index contributed by atoms with van der Waals surface area (Å²) < 4.78 is 0. The maximum Gasteiger partial charge on any atom is 0.201 e. The van der Waals surface area contributed by atoms with E-state index in [1.54, 1.807) is 24.6 Å². The quantitative estimate of drug-likeness (QED) is 0.612. The number of hydrogen-bond donors (Lipinski definition) is 1. The van der Waals surface area contributed by atoms with E-state index < -0.39 is 4.99 Å². The zero-order chi connectivity index (χ0) is 10.7. The van der Waals surface area contributed by atoms with Crippen molar-refractivity contribution < 1.29 is 4.79 Å². The highest BCUT2D eigenvalue weighted by molar-refractivity contribution is 7.81. The van der Waals surface area contributed by atoms with Gasteiger partial charge in [0, 0.05) is 18.0 Å². The second-order valence-corrected chi connectivity index (χ2v) is 4.01. The van der Waals surface area contributed by atoms with Gasteiger partial charge in [-0.25, -0.2) is 0 Å². The first kappa shape index (κ1) is 10.1. The average Bonchev–Trinajstić information content (AvgIpc) is 2.66. The highest BCUT2D eigenvalue weighted by Gasteiger charge is 2.28. The minimum Gasteiger partial charge on any atom is -0.294 e. The van der Waals surface area contributed by atoms with Crippen LogP contribution in [0.25, 0.3) is 0 Å². The van der Waals surface area contributed by atoms with Crippen molar-refractivity contribution in [1.29, 1.82) is 0 Å². The second-order valence-electron chi connectivity index (χ2n) is 3.30. The van der Waals surface area contributed by atoms with Gasteiger partial charge in [-0.15, -0.1) is 12.6 Å². The van der Waals surface area contributed by atoms with Crippen LogP contribution in [0.5, 0.6) is 0 Å². The van der Waals surface area contributed by atoms with Crippen molar-refractivity contribution in [2.45, 2.75) is 11.4 Å². The molecule has 0 fully saturated rings. The summed E-state index contributed by atoms with van der Waals surface area (Å²) in [6.45, 7) is 0. The van der Waals surface area contributed by atoms with Gasteiger partial charge in [-0.2, -0.15) is 0 Å². The summed E-state index contributed by atoms with van der Waals surface area (Å²) in [6, 6.07) is 9.10. The van der Waals surface area contributed by atoms with Gasteiger partial charge in [-0.3, -0.25) is 14.8 Å². The molecular formula is C11H10N2OS. The lowest BCUT2D eigenvalue weighted by Gasteiger charge is -2.14. The lowest BCUT2D eigenvalue weighted by atomic mass is 10.1. The lowest BCUT2D eigenvalue weighted by Crippen LogP contribution is -2.18. The number of carbonyl (C=O) groups is 1. The van der Waals surface area contributed by atoms with Crippen molar-refractivity contribution >= 4 is 30.8 Å². The van der Waals surface area contributed by atoms with Crippen LogP contribution < -0.4 is 0 Å². The van der Waals surface area contributed by atoms with E-state index in [4.69, 9.17) is 0 Å². The summed E-state index contributed by atoms with van der Waals surface area (Å²) in [6.07, 6.45) is 3.31. The van der Waals surface area contributed by atoms with Gasteiger partial charge in [0.15, 0.2) is 5.78 Å². The van der Waals surface area contributed by atoms with E-state index in [0.717, 1.165) is 0 Å². The van der Waals surface area contributed by atoms with Gasteiger partial charge in [-0.1, -0.05) is 30.3 Å². The number of Topliss-reactive ketones (excluding diaryl/α,β-unsaturated/α-hetero) is 1. The number of thiol groups is 1. The summed E-state index contributed by atoms with van der Waals surface area (Å²) in [4.78, 5) is 19.0. The first-order valence-corrected chi connectivity index (χ1v) is 5.04. The fourth-order valence-electron chi connectivity index (χ4n) is 1.37. The van der Waals surface area contributed by atoms with Gasteiger partial charge in [-0.05, 0) is 0 Å². The van der Waals surface area contributed by atoms with Gasteiger partial charge < -0.3 is 0 Å². The van der Waals surface area contributed by atoms with Crippen LogP contribution in [0.1, 0.15) is 16.8 Å². The van der Waals surface area contributed by atoms with Crippen LogP contribution >= 0.6 is 12.6 Å². The molecule has 0 N–H and O–H groups in total. The van der Waals surface area contributed by atoms with Crippen molar-refractivity contribution in [2.75, 3.05) is 0 Å². The second kappa shape index (κ2) is 3.98. The lowest BCUT2D eigenvalue weighted by molar-refractivity contribution is 0.0972. The molecule has 76 valence electrons.